The second kappa shape index (κ2) is 10.5. The van der Waals surface area contributed by atoms with Crippen LogP contribution in [0.25, 0.3) is 0 Å². The van der Waals surface area contributed by atoms with E-state index in [1.807, 2.05) is 42.5 Å². The Morgan fingerprint density at radius 2 is 1.59 bits per heavy atom. The van der Waals surface area contributed by atoms with Gasteiger partial charge in [-0.15, -0.1) is 0 Å². The summed E-state index contributed by atoms with van der Waals surface area (Å²) >= 11 is 0. The van der Waals surface area contributed by atoms with E-state index >= 15 is 0 Å². The molecule has 0 radical (unpaired) electrons. The highest BCUT2D eigenvalue weighted by Gasteiger charge is 2.40. The lowest BCUT2D eigenvalue weighted by atomic mass is 9.95. The number of carbonyl (C=O) groups excluding carboxylic acids is 2. The van der Waals surface area contributed by atoms with Crippen molar-refractivity contribution in [3.8, 4) is 0 Å². The molecule has 7 heteroatoms. The second-order valence-corrected chi connectivity index (χ2v) is 8.91. The Bertz CT molecular complexity index is 1110. The van der Waals surface area contributed by atoms with Crippen molar-refractivity contribution in [1.82, 2.24) is 20.2 Å². The van der Waals surface area contributed by atoms with E-state index < -0.39 is 18.3 Å². The lowest BCUT2D eigenvalue weighted by Crippen LogP contribution is -2.47. The van der Waals surface area contributed by atoms with Crippen LogP contribution in [0.1, 0.15) is 54.7 Å². The molecular weight excluding hydrogens is 431 g/mol. The first-order valence-corrected chi connectivity index (χ1v) is 11.6. The molecule has 6 nitrogen and oxygen atoms in total. The van der Waals surface area contributed by atoms with Gasteiger partial charge in [-0.25, -0.2) is 14.4 Å². The number of carbonyl (C=O) groups is 2. The molecule has 1 aliphatic rings. The molecule has 34 heavy (non-hydrogen) atoms. The summed E-state index contributed by atoms with van der Waals surface area (Å²) in [6, 6.07) is 18.2. The fraction of sp³-hybridized carbons (Fsp3) is 0.333. The van der Waals surface area contributed by atoms with Crippen LogP contribution in [0.5, 0.6) is 0 Å². The lowest BCUT2D eigenvalue weighted by molar-refractivity contribution is -0.138. The smallest absolute Gasteiger partial charge is 0.243 e. The Hall–Kier alpha value is -3.61. The summed E-state index contributed by atoms with van der Waals surface area (Å²) in [5.74, 6) is 0.0154. The number of amides is 2. The van der Waals surface area contributed by atoms with Crippen LogP contribution >= 0.6 is 0 Å². The summed E-state index contributed by atoms with van der Waals surface area (Å²) in [5, 5.41) is 3.08. The molecular formula is C27H29FN4O2. The van der Waals surface area contributed by atoms with Crippen molar-refractivity contribution < 1.29 is 14.0 Å². The largest absolute Gasteiger partial charge is 0.343 e. The molecule has 2 aromatic carbocycles. The third-order valence-corrected chi connectivity index (χ3v) is 6.16. The van der Waals surface area contributed by atoms with E-state index in [4.69, 9.17) is 0 Å². The number of alkyl halides is 1. The third-order valence-electron chi connectivity index (χ3n) is 6.16. The van der Waals surface area contributed by atoms with E-state index in [1.54, 1.807) is 18.5 Å². The van der Waals surface area contributed by atoms with Crippen molar-refractivity contribution in [1.29, 1.82) is 0 Å². The van der Waals surface area contributed by atoms with E-state index in [-0.39, 0.29) is 31.2 Å². The molecule has 3 atom stereocenters. The number of nitrogens with zero attached hydrogens (tertiary/aromatic N) is 3. The molecule has 0 aliphatic carbocycles. The van der Waals surface area contributed by atoms with Crippen molar-refractivity contribution in [3.63, 3.8) is 0 Å². The molecule has 0 unspecified atom stereocenters. The number of aromatic nitrogens is 2. The molecule has 4 rings (SSSR count). The van der Waals surface area contributed by atoms with Crippen molar-refractivity contribution >= 4 is 11.8 Å². The minimum absolute atomic E-state index is 0.0268. The highest BCUT2D eigenvalue weighted by atomic mass is 19.1. The fourth-order valence-corrected chi connectivity index (χ4v) is 4.28. The molecule has 0 spiro atoms. The highest BCUT2D eigenvalue weighted by molar-refractivity contribution is 5.89. The van der Waals surface area contributed by atoms with Gasteiger partial charge in [0.25, 0.3) is 0 Å². The molecule has 0 bridgehead atoms. The van der Waals surface area contributed by atoms with Crippen LogP contribution in [0.15, 0.2) is 73.1 Å². The molecule has 1 N–H and O–H groups in total. The predicted molar refractivity (Wildman–Crippen MR) is 128 cm³/mol. The minimum Gasteiger partial charge on any atom is -0.343 e. The van der Waals surface area contributed by atoms with E-state index in [9.17, 15) is 14.0 Å². The van der Waals surface area contributed by atoms with Crippen LogP contribution in [-0.2, 0) is 16.0 Å². The predicted octanol–water partition coefficient (Wildman–Crippen LogP) is 3.99. The normalized spacial score (nSPS) is 18.6. The summed E-state index contributed by atoms with van der Waals surface area (Å²) in [6.45, 7) is 4.15. The standard InChI is InChI=1S/C27H29FN4O2/c1-18(2)19-9-11-21(12-10-19)26(20-7-4-3-5-8-20)31-27(34)23-15-22(28)17-32(23)25(33)16-24-29-13-6-14-30-24/h3-14,18,22-23,26H,15-17H2,1-2H3,(H,31,34)/t22-,23+,26+/m1/s1. The number of benzene rings is 2. The Labute approximate surface area is 199 Å². The molecule has 3 aromatic rings. The second-order valence-electron chi connectivity index (χ2n) is 8.91. The van der Waals surface area contributed by atoms with E-state index in [0.29, 0.717) is 11.7 Å². The first-order chi connectivity index (χ1) is 16.4. The molecule has 0 saturated carbocycles. The van der Waals surface area contributed by atoms with Crippen LogP contribution in [0, 0.1) is 0 Å². The van der Waals surface area contributed by atoms with Gasteiger partial charge in [-0.3, -0.25) is 9.59 Å². The molecule has 1 aliphatic heterocycles. The third kappa shape index (κ3) is 5.47. The zero-order valence-corrected chi connectivity index (χ0v) is 19.4. The maximum atomic E-state index is 14.4. The van der Waals surface area contributed by atoms with Gasteiger partial charge in [-0.05, 0) is 28.7 Å². The Morgan fingerprint density at radius 1 is 0.971 bits per heavy atom. The number of likely N-dealkylation sites (tertiary alicyclic amines) is 1. The van der Waals surface area contributed by atoms with Crippen molar-refractivity contribution in [2.75, 3.05) is 6.54 Å². The van der Waals surface area contributed by atoms with E-state index in [2.05, 4.69) is 41.3 Å². The van der Waals surface area contributed by atoms with Crippen LogP contribution in [0.2, 0.25) is 0 Å². The minimum atomic E-state index is -1.25. The molecule has 2 heterocycles. The summed E-state index contributed by atoms with van der Waals surface area (Å²) in [4.78, 5) is 35.8. The van der Waals surface area contributed by atoms with Gasteiger partial charge in [0.1, 0.15) is 18.0 Å². The Kier molecular flexibility index (Phi) is 7.30. The number of hydrogen-bond donors (Lipinski definition) is 1. The van der Waals surface area contributed by atoms with E-state index in [1.165, 1.54) is 10.5 Å². The number of rotatable bonds is 7. The summed E-state index contributed by atoms with van der Waals surface area (Å²) in [7, 11) is 0. The van der Waals surface area contributed by atoms with Crippen LogP contribution < -0.4 is 5.32 Å². The van der Waals surface area contributed by atoms with Gasteiger partial charge in [0, 0.05) is 18.8 Å². The molecule has 1 fully saturated rings. The number of nitrogens with one attached hydrogen (secondary N) is 1. The SMILES string of the molecule is CC(C)c1ccc([C@@H](NC(=O)[C@@H]2C[C@@H](F)CN2C(=O)Cc2ncccn2)c2ccccc2)cc1. The van der Waals surface area contributed by atoms with Gasteiger partial charge in [0.05, 0.1) is 19.0 Å². The first-order valence-electron chi connectivity index (χ1n) is 11.6. The van der Waals surface area contributed by atoms with Crippen molar-refractivity contribution in [2.45, 2.75) is 50.9 Å². The van der Waals surface area contributed by atoms with Gasteiger partial charge in [-0.1, -0.05) is 68.4 Å². The van der Waals surface area contributed by atoms with Gasteiger partial charge in [0.2, 0.25) is 11.8 Å². The van der Waals surface area contributed by atoms with Gasteiger partial charge >= 0.3 is 0 Å². The maximum absolute atomic E-state index is 14.4. The summed E-state index contributed by atoms with van der Waals surface area (Å²) in [5.41, 5.74) is 3.05. The fourth-order valence-electron chi connectivity index (χ4n) is 4.28. The molecule has 2 amide bonds. The molecule has 176 valence electrons. The zero-order chi connectivity index (χ0) is 24.1. The van der Waals surface area contributed by atoms with E-state index in [0.717, 1.165) is 11.1 Å². The quantitative estimate of drug-likeness (QED) is 0.579. The monoisotopic (exact) mass is 460 g/mol. The zero-order valence-electron chi connectivity index (χ0n) is 19.4. The Morgan fingerprint density at radius 3 is 2.24 bits per heavy atom. The maximum Gasteiger partial charge on any atom is 0.243 e. The van der Waals surface area contributed by atoms with Crippen molar-refractivity contribution in [3.05, 3.63) is 95.6 Å². The number of halogens is 1. The summed E-state index contributed by atoms with van der Waals surface area (Å²) < 4.78 is 14.4. The topological polar surface area (TPSA) is 75.2 Å². The lowest BCUT2D eigenvalue weighted by Gasteiger charge is -2.27. The highest BCUT2D eigenvalue weighted by Crippen LogP contribution is 2.27. The average molecular weight is 461 g/mol. The van der Waals surface area contributed by atoms with Gasteiger partial charge in [-0.2, -0.15) is 0 Å². The van der Waals surface area contributed by atoms with Gasteiger partial charge in [0.15, 0.2) is 0 Å². The first kappa shape index (κ1) is 23.5. The van der Waals surface area contributed by atoms with Crippen LogP contribution in [-0.4, -0.2) is 45.4 Å². The van der Waals surface area contributed by atoms with Crippen molar-refractivity contribution in [2.24, 2.45) is 0 Å². The molecule has 1 saturated heterocycles. The van der Waals surface area contributed by atoms with Crippen LogP contribution in [0.4, 0.5) is 4.39 Å². The molecule has 1 aromatic heterocycles. The van der Waals surface area contributed by atoms with Gasteiger partial charge < -0.3 is 10.2 Å². The van der Waals surface area contributed by atoms with Crippen LogP contribution in [0.3, 0.4) is 0 Å². The Balaban J connectivity index is 1.55. The average Bonchev–Trinajstić information content (AvgIpc) is 3.25. The number of hydrogen-bond acceptors (Lipinski definition) is 4. The summed E-state index contributed by atoms with van der Waals surface area (Å²) in [6.07, 6.45) is 1.75.